The molecule has 0 unspecified atom stereocenters. The monoisotopic (exact) mass is 1180 g/mol. The van der Waals surface area contributed by atoms with Crippen molar-refractivity contribution in [2.75, 3.05) is 79.7 Å². The number of rotatable bonds is 19. The van der Waals surface area contributed by atoms with Gasteiger partial charge in [-0.15, -0.1) is 0 Å². The summed E-state index contributed by atoms with van der Waals surface area (Å²) in [6.45, 7) is 19.5. The van der Waals surface area contributed by atoms with E-state index in [9.17, 15) is 44.7 Å². The molecule has 3 saturated heterocycles. The van der Waals surface area contributed by atoms with Gasteiger partial charge in [0.1, 0.15) is 29.5 Å². The highest BCUT2D eigenvalue weighted by Crippen LogP contribution is 2.41. The lowest BCUT2D eigenvalue weighted by atomic mass is 9.77. The van der Waals surface area contributed by atoms with Crippen molar-refractivity contribution in [1.82, 2.24) is 14.4 Å². The lowest BCUT2D eigenvalue weighted by Crippen LogP contribution is -2.61. The second-order valence-electron chi connectivity index (χ2n) is 24.0. The molecular formula is C58H93ClN4O19. The van der Waals surface area contributed by atoms with Gasteiger partial charge in [-0.25, -0.2) is 4.79 Å². The van der Waals surface area contributed by atoms with Gasteiger partial charge < -0.3 is 92.6 Å². The molecule has 0 bridgehead atoms. The van der Waals surface area contributed by atoms with Gasteiger partial charge in [0.2, 0.25) is 11.3 Å². The van der Waals surface area contributed by atoms with Gasteiger partial charge in [-0.1, -0.05) is 32.4 Å². The van der Waals surface area contributed by atoms with E-state index in [0.29, 0.717) is 55.3 Å². The van der Waals surface area contributed by atoms with E-state index in [1.54, 1.807) is 59.1 Å². The lowest BCUT2D eigenvalue weighted by molar-refractivity contribution is -0.318. The number of nitrogens with zero attached hydrogens (tertiary/aromatic N) is 3. The van der Waals surface area contributed by atoms with Gasteiger partial charge in [0.05, 0.1) is 91.6 Å². The molecule has 0 saturated carbocycles. The molecule has 0 aliphatic carbocycles. The zero-order valence-electron chi connectivity index (χ0n) is 50.4. The van der Waals surface area contributed by atoms with Crippen molar-refractivity contribution in [2.45, 2.75) is 205 Å². The van der Waals surface area contributed by atoms with E-state index >= 15 is 0 Å². The molecular weight excluding hydrogens is 1090 g/mol. The van der Waals surface area contributed by atoms with Crippen LogP contribution in [0.5, 0.6) is 5.88 Å². The predicted octanol–water partition coefficient (Wildman–Crippen LogP) is 4.44. The molecule has 4 aliphatic heterocycles. The van der Waals surface area contributed by atoms with Gasteiger partial charge in [-0.05, 0) is 113 Å². The Hall–Kier alpha value is -3.79. The first kappa shape index (κ1) is 67.3. The largest absolute Gasteiger partial charge is 0.478 e. The fraction of sp³-hybridized carbons (Fsp3) is 0.793. The number of aromatic carboxylic acids is 1. The summed E-state index contributed by atoms with van der Waals surface area (Å²) in [6, 6.07) is 2.22. The number of anilines is 1. The number of halogens is 1. The van der Waals surface area contributed by atoms with Crippen LogP contribution in [-0.4, -0.2) is 222 Å². The summed E-state index contributed by atoms with van der Waals surface area (Å²) in [5.41, 5.74) is -4.87. The Morgan fingerprint density at radius 3 is 2.27 bits per heavy atom. The van der Waals surface area contributed by atoms with Crippen molar-refractivity contribution >= 4 is 46.1 Å². The predicted molar refractivity (Wildman–Crippen MR) is 303 cm³/mol. The number of aliphatic hydroxyl groups excluding tert-OH is 2. The molecule has 82 heavy (non-hydrogen) atoms. The minimum Gasteiger partial charge on any atom is -0.478 e. The quantitative estimate of drug-likeness (QED) is 0.0838. The van der Waals surface area contributed by atoms with Crippen LogP contribution >= 0.6 is 11.6 Å². The maximum Gasteiger partial charge on any atom is 0.345 e. The van der Waals surface area contributed by atoms with Crippen molar-refractivity contribution in [3.8, 4) is 5.88 Å². The maximum absolute atomic E-state index is 14.6. The van der Waals surface area contributed by atoms with Gasteiger partial charge in [0.25, 0.3) is 0 Å². The van der Waals surface area contributed by atoms with Crippen LogP contribution in [0.4, 0.5) is 5.69 Å². The number of likely N-dealkylation sites (N-methyl/N-ethyl adjacent to an activating group) is 2. The number of fused-ring (bicyclic) bond motifs is 3. The summed E-state index contributed by atoms with van der Waals surface area (Å²) in [5.74, 6) is -4.84. The smallest absolute Gasteiger partial charge is 0.345 e. The summed E-state index contributed by atoms with van der Waals surface area (Å²) in [6.07, 6.45) is -8.75. The number of nitrogens with one attached hydrogen (secondary N) is 1. The van der Waals surface area contributed by atoms with Crippen molar-refractivity contribution in [3.05, 3.63) is 32.9 Å². The number of aromatic nitrogens is 1. The number of pyridine rings is 1. The second-order valence-corrected chi connectivity index (χ2v) is 24.5. The van der Waals surface area contributed by atoms with E-state index < -0.39 is 119 Å². The number of methoxy groups -OCH3 is 1. The number of aliphatic hydroxyl groups is 4. The normalized spacial score (nSPS) is 36.4. The van der Waals surface area contributed by atoms with E-state index in [0.717, 1.165) is 0 Å². The molecule has 2 aromatic rings. The molecule has 466 valence electrons. The third-order valence-electron chi connectivity index (χ3n) is 17.1. The van der Waals surface area contributed by atoms with Gasteiger partial charge in [-0.2, -0.15) is 0 Å². The minimum absolute atomic E-state index is 0.0162. The zero-order chi connectivity index (χ0) is 60.8. The van der Waals surface area contributed by atoms with Crippen LogP contribution in [0.1, 0.15) is 118 Å². The SMILES string of the molecule is CC[C@H]1OC(=O)[C@H](C)[C@@H](O[C@H]2C[C@@](C)(OC)[C@@H](OC(=O)CCOCCOCCNc3cc4c(=O)c(C(=O)O)c5n(c4cc3Cl)CCCO5)[C@H](C)O2)[C@H](C)[C@@H](O[C@@H]2O[C@H](C)C[C@H](N(C)C)[C@H]2O)[C@](C)(O)C[C@@H](C)CN(C)[C@H](C)[C@@H](O)[C@]1(C)O. The molecule has 24 heteroatoms. The Morgan fingerprint density at radius 1 is 0.939 bits per heavy atom. The summed E-state index contributed by atoms with van der Waals surface area (Å²) in [5, 5.41) is 61.6. The number of carboxylic acid groups (broad SMARTS) is 1. The van der Waals surface area contributed by atoms with Gasteiger partial charge >= 0.3 is 17.9 Å². The molecule has 6 rings (SSSR count). The molecule has 18 atom stereocenters. The van der Waals surface area contributed by atoms with Crippen LogP contribution in [0.3, 0.4) is 0 Å². The van der Waals surface area contributed by atoms with Crippen molar-refractivity contribution < 1.29 is 87.3 Å². The Kier molecular flexibility index (Phi) is 23.5. The first-order chi connectivity index (χ1) is 38.5. The van der Waals surface area contributed by atoms with Crippen LogP contribution < -0.4 is 15.5 Å². The number of carbonyl (C=O) groups excluding carboxylic acids is 2. The van der Waals surface area contributed by atoms with Crippen LogP contribution in [0.25, 0.3) is 10.9 Å². The molecule has 5 heterocycles. The third-order valence-corrected chi connectivity index (χ3v) is 17.4. The number of hydrogen-bond donors (Lipinski definition) is 6. The molecule has 1 aromatic carbocycles. The van der Waals surface area contributed by atoms with Crippen molar-refractivity contribution in [1.29, 1.82) is 0 Å². The number of esters is 2. The van der Waals surface area contributed by atoms with E-state index in [1.165, 1.54) is 20.1 Å². The van der Waals surface area contributed by atoms with Crippen LogP contribution in [-0.2, 0) is 58.8 Å². The number of carboxylic acids is 1. The number of benzene rings is 1. The summed E-state index contributed by atoms with van der Waals surface area (Å²) >= 11 is 6.59. The zero-order valence-corrected chi connectivity index (χ0v) is 51.1. The molecule has 0 radical (unpaired) electrons. The summed E-state index contributed by atoms with van der Waals surface area (Å²) < 4.78 is 63.4. The maximum atomic E-state index is 14.6. The van der Waals surface area contributed by atoms with Crippen LogP contribution in [0.15, 0.2) is 16.9 Å². The molecule has 4 aliphatic rings. The van der Waals surface area contributed by atoms with E-state index in [-0.39, 0.29) is 81.4 Å². The van der Waals surface area contributed by atoms with Crippen LogP contribution in [0.2, 0.25) is 5.02 Å². The molecule has 6 N–H and O–H groups in total. The Balaban J connectivity index is 1.10. The number of hydrogen-bond acceptors (Lipinski definition) is 21. The van der Waals surface area contributed by atoms with E-state index in [2.05, 4.69) is 5.32 Å². The highest BCUT2D eigenvalue weighted by atomic mass is 35.5. The molecule has 1 aromatic heterocycles. The fourth-order valence-corrected chi connectivity index (χ4v) is 12.6. The van der Waals surface area contributed by atoms with Gasteiger partial charge in [0, 0.05) is 56.6 Å². The Morgan fingerprint density at radius 2 is 1.62 bits per heavy atom. The van der Waals surface area contributed by atoms with Gasteiger partial charge in [-0.3, -0.25) is 14.4 Å². The molecule has 23 nitrogen and oxygen atoms in total. The molecule has 3 fully saturated rings. The van der Waals surface area contributed by atoms with E-state index in [1.807, 2.05) is 44.8 Å². The molecule has 0 amide bonds. The average Bonchev–Trinajstić information content (AvgIpc) is 3.50. The average molecular weight is 1190 g/mol. The highest BCUT2D eigenvalue weighted by Gasteiger charge is 2.54. The van der Waals surface area contributed by atoms with E-state index in [4.69, 9.17) is 59.0 Å². The number of ether oxygens (including phenoxy) is 10. The standard InChI is InChI=1S/C58H93ClN4O19/c1-15-42-58(10,72)49(67)35(6)62(13)30-31(2)28-56(8,71)50(82-55-47(66)41(61(11)12)25-32(3)77-55)33(4)48(34(5)54(70)79-42)81-44-29-57(9,73-14)51(36(7)78-44)80-43(64)17-21-74-23-24-75-22-18-60-39-26-37-40(27-38(39)59)63-19-16-20-76-52(63)45(46(37)65)53(68)69/h26-27,31-36,41-42,44,47-51,55,60,66-67,71-72H,15-25,28-30H2,1-14H3,(H,68,69)/t31-,32-,33+,34-,35-,36+,41+,42-,44+,47-,48+,49-,50-,51+,55+,56-,57-,58-/m1/s1. The molecule has 0 spiro atoms. The number of cyclic esters (lactones) is 1. The second kappa shape index (κ2) is 28.6. The van der Waals surface area contributed by atoms with Crippen LogP contribution in [0, 0.1) is 17.8 Å². The van der Waals surface area contributed by atoms with Crippen molar-refractivity contribution in [3.63, 3.8) is 0 Å². The first-order valence-electron chi connectivity index (χ1n) is 28.9. The topological polar surface area (TPSA) is 285 Å². The van der Waals surface area contributed by atoms with Gasteiger partial charge in [0.15, 0.2) is 24.2 Å². The highest BCUT2D eigenvalue weighted by molar-refractivity contribution is 6.34. The summed E-state index contributed by atoms with van der Waals surface area (Å²) in [4.78, 5) is 57.1. The lowest BCUT2D eigenvalue weighted by Gasteiger charge is -2.49. The first-order valence-corrected chi connectivity index (χ1v) is 29.2. The number of carbonyl (C=O) groups is 3. The third kappa shape index (κ3) is 15.6. The summed E-state index contributed by atoms with van der Waals surface area (Å²) in [7, 11) is 7.04. The minimum atomic E-state index is -1.87. The fourth-order valence-electron chi connectivity index (χ4n) is 12.4. The Labute approximate surface area is 487 Å². The Bertz CT molecular complexity index is 2530. The number of aryl methyl sites for hydroxylation is 1. The van der Waals surface area contributed by atoms with Crippen molar-refractivity contribution in [2.24, 2.45) is 17.8 Å².